The molecular formula is C17H24N2OS. The van der Waals surface area contributed by atoms with Gasteiger partial charge in [-0.15, -0.1) is 11.3 Å². The highest BCUT2D eigenvalue weighted by atomic mass is 32.1. The summed E-state index contributed by atoms with van der Waals surface area (Å²) in [6, 6.07) is 6.53. The fourth-order valence-electron chi connectivity index (χ4n) is 2.26. The summed E-state index contributed by atoms with van der Waals surface area (Å²) in [5.41, 5.74) is 11.6. The van der Waals surface area contributed by atoms with Crippen molar-refractivity contribution in [2.45, 2.75) is 46.1 Å². The van der Waals surface area contributed by atoms with Crippen molar-refractivity contribution in [2.75, 3.05) is 6.61 Å². The van der Waals surface area contributed by atoms with E-state index in [2.05, 4.69) is 37.0 Å². The molecule has 1 aromatic carbocycles. The van der Waals surface area contributed by atoms with Crippen LogP contribution in [0.15, 0.2) is 23.7 Å². The first-order valence-corrected chi connectivity index (χ1v) is 8.35. The number of rotatable bonds is 7. The molecule has 0 saturated heterocycles. The normalized spacial score (nSPS) is 12.4. The fraction of sp³-hybridized carbons (Fsp3) is 0.471. The van der Waals surface area contributed by atoms with Crippen LogP contribution in [0.5, 0.6) is 5.75 Å². The second-order valence-corrected chi connectivity index (χ2v) is 6.38. The third-order valence-electron chi connectivity index (χ3n) is 3.65. The number of aromatic nitrogens is 1. The predicted octanol–water partition coefficient (Wildman–Crippen LogP) is 3.66. The number of nitrogens with zero attached hydrogens (tertiary/aromatic N) is 1. The molecule has 0 aliphatic heterocycles. The minimum absolute atomic E-state index is 0.192. The van der Waals surface area contributed by atoms with Gasteiger partial charge in [0, 0.05) is 17.3 Å². The molecule has 0 amide bonds. The summed E-state index contributed by atoms with van der Waals surface area (Å²) in [5.74, 6) is 0.965. The van der Waals surface area contributed by atoms with Crippen LogP contribution in [0.1, 0.15) is 35.0 Å². The number of hydrogen-bond acceptors (Lipinski definition) is 4. The first kappa shape index (κ1) is 16.0. The van der Waals surface area contributed by atoms with Gasteiger partial charge in [0.1, 0.15) is 5.75 Å². The Morgan fingerprint density at radius 3 is 2.81 bits per heavy atom. The molecular weight excluding hydrogens is 280 g/mol. The van der Waals surface area contributed by atoms with E-state index in [-0.39, 0.29) is 6.04 Å². The van der Waals surface area contributed by atoms with Crippen LogP contribution in [-0.4, -0.2) is 17.6 Å². The van der Waals surface area contributed by atoms with E-state index in [1.54, 1.807) is 11.3 Å². The molecule has 1 heterocycles. The third-order valence-corrected chi connectivity index (χ3v) is 4.65. The molecule has 0 fully saturated rings. The zero-order valence-electron chi connectivity index (χ0n) is 13.1. The van der Waals surface area contributed by atoms with Crippen LogP contribution in [0.25, 0.3) is 0 Å². The van der Waals surface area contributed by atoms with E-state index in [0.717, 1.165) is 30.7 Å². The van der Waals surface area contributed by atoms with Crippen LogP contribution in [0.4, 0.5) is 0 Å². The highest BCUT2D eigenvalue weighted by Gasteiger charge is 2.09. The molecule has 2 N–H and O–H groups in total. The molecule has 0 aliphatic rings. The largest absolute Gasteiger partial charge is 0.493 e. The van der Waals surface area contributed by atoms with Gasteiger partial charge in [0.25, 0.3) is 0 Å². The standard InChI is InChI=1S/C17H24N2OS/c1-4-15(18)10-14-9-12(2)5-6-16(14)20-8-7-17-13(3)19-11-21-17/h5-6,9,11,15H,4,7-8,10,18H2,1-3H3. The van der Waals surface area contributed by atoms with Gasteiger partial charge in [0.05, 0.1) is 17.8 Å². The van der Waals surface area contributed by atoms with Gasteiger partial charge in [-0.2, -0.15) is 0 Å². The molecule has 0 spiro atoms. The molecule has 1 aromatic heterocycles. The third kappa shape index (κ3) is 4.55. The lowest BCUT2D eigenvalue weighted by Gasteiger charge is -2.15. The zero-order valence-corrected chi connectivity index (χ0v) is 13.9. The lowest BCUT2D eigenvalue weighted by atomic mass is 10.0. The summed E-state index contributed by atoms with van der Waals surface area (Å²) in [7, 11) is 0. The van der Waals surface area contributed by atoms with E-state index in [1.807, 2.05) is 12.4 Å². The minimum atomic E-state index is 0.192. The summed E-state index contributed by atoms with van der Waals surface area (Å²) in [6.07, 6.45) is 2.75. The molecule has 1 unspecified atom stereocenters. The highest BCUT2D eigenvalue weighted by Crippen LogP contribution is 2.22. The topological polar surface area (TPSA) is 48.1 Å². The Morgan fingerprint density at radius 1 is 1.33 bits per heavy atom. The Balaban J connectivity index is 2.00. The Hall–Kier alpha value is -1.39. The maximum Gasteiger partial charge on any atom is 0.122 e. The Labute approximate surface area is 131 Å². The molecule has 0 bridgehead atoms. The van der Waals surface area contributed by atoms with Crippen molar-refractivity contribution in [1.29, 1.82) is 0 Å². The first-order chi connectivity index (χ1) is 10.1. The minimum Gasteiger partial charge on any atom is -0.493 e. The van der Waals surface area contributed by atoms with Crippen LogP contribution in [0.2, 0.25) is 0 Å². The van der Waals surface area contributed by atoms with E-state index in [0.29, 0.717) is 6.61 Å². The van der Waals surface area contributed by atoms with Gasteiger partial charge in [0.15, 0.2) is 0 Å². The van der Waals surface area contributed by atoms with Crippen molar-refractivity contribution in [1.82, 2.24) is 4.98 Å². The second-order valence-electron chi connectivity index (χ2n) is 5.44. The second kappa shape index (κ2) is 7.57. The summed E-state index contributed by atoms with van der Waals surface area (Å²) in [4.78, 5) is 5.57. The molecule has 0 saturated carbocycles. The number of nitrogens with two attached hydrogens (primary N) is 1. The van der Waals surface area contributed by atoms with Gasteiger partial charge in [0.2, 0.25) is 0 Å². The van der Waals surface area contributed by atoms with Gasteiger partial charge >= 0.3 is 0 Å². The van der Waals surface area contributed by atoms with Crippen molar-refractivity contribution < 1.29 is 4.74 Å². The van der Waals surface area contributed by atoms with Gasteiger partial charge in [-0.3, -0.25) is 0 Å². The Bertz CT molecular complexity index is 580. The number of aryl methyl sites for hydroxylation is 2. The van der Waals surface area contributed by atoms with Crippen molar-refractivity contribution in [3.63, 3.8) is 0 Å². The van der Waals surface area contributed by atoms with Crippen molar-refractivity contribution in [3.05, 3.63) is 45.4 Å². The summed E-state index contributed by atoms with van der Waals surface area (Å²) in [6.45, 7) is 6.95. The highest BCUT2D eigenvalue weighted by molar-refractivity contribution is 7.09. The van der Waals surface area contributed by atoms with Crippen molar-refractivity contribution >= 4 is 11.3 Å². The molecule has 0 radical (unpaired) electrons. The maximum atomic E-state index is 6.09. The number of hydrogen-bond donors (Lipinski definition) is 1. The maximum absolute atomic E-state index is 6.09. The molecule has 114 valence electrons. The summed E-state index contributed by atoms with van der Waals surface area (Å²) >= 11 is 1.69. The Morgan fingerprint density at radius 2 is 2.14 bits per heavy atom. The summed E-state index contributed by atoms with van der Waals surface area (Å²) < 4.78 is 5.99. The molecule has 2 aromatic rings. The van der Waals surface area contributed by atoms with E-state index in [9.17, 15) is 0 Å². The Kier molecular flexibility index (Phi) is 5.76. The van der Waals surface area contributed by atoms with Crippen molar-refractivity contribution in [2.24, 2.45) is 5.73 Å². The smallest absolute Gasteiger partial charge is 0.122 e. The summed E-state index contributed by atoms with van der Waals surface area (Å²) in [5, 5.41) is 0. The quantitative estimate of drug-likeness (QED) is 0.849. The van der Waals surface area contributed by atoms with Crippen LogP contribution < -0.4 is 10.5 Å². The molecule has 3 nitrogen and oxygen atoms in total. The molecule has 1 atom stereocenters. The molecule has 0 aliphatic carbocycles. The zero-order chi connectivity index (χ0) is 15.2. The van der Waals surface area contributed by atoms with E-state index >= 15 is 0 Å². The van der Waals surface area contributed by atoms with Crippen LogP contribution in [-0.2, 0) is 12.8 Å². The van der Waals surface area contributed by atoms with Gasteiger partial charge in [-0.1, -0.05) is 24.6 Å². The number of benzene rings is 1. The average Bonchev–Trinajstić information content (AvgIpc) is 2.86. The van der Waals surface area contributed by atoms with Gasteiger partial charge < -0.3 is 10.5 Å². The average molecular weight is 304 g/mol. The van der Waals surface area contributed by atoms with E-state index in [4.69, 9.17) is 10.5 Å². The van der Waals surface area contributed by atoms with Crippen LogP contribution in [0.3, 0.4) is 0 Å². The first-order valence-electron chi connectivity index (χ1n) is 7.47. The van der Waals surface area contributed by atoms with Gasteiger partial charge in [-0.25, -0.2) is 4.98 Å². The SMILES string of the molecule is CCC(N)Cc1cc(C)ccc1OCCc1scnc1C. The number of thiazole rings is 1. The lowest BCUT2D eigenvalue weighted by molar-refractivity contribution is 0.318. The van der Waals surface area contributed by atoms with E-state index < -0.39 is 0 Å². The predicted molar refractivity (Wildman–Crippen MR) is 89.2 cm³/mol. The molecule has 21 heavy (non-hydrogen) atoms. The van der Waals surface area contributed by atoms with E-state index in [1.165, 1.54) is 16.0 Å². The van der Waals surface area contributed by atoms with Crippen LogP contribution >= 0.6 is 11.3 Å². The van der Waals surface area contributed by atoms with Gasteiger partial charge in [-0.05, 0) is 38.3 Å². The van der Waals surface area contributed by atoms with Crippen LogP contribution in [0, 0.1) is 13.8 Å². The fourth-order valence-corrected chi connectivity index (χ4v) is 3.02. The monoisotopic (exact) mass is 304 g/mol. The lowest BCUT2D eigenvalue weighted by Crippen LogP contribution is -2.22. The molecule has 4 heteroatoms. The number of ether oxygens (including phenoxy) is 1. The van der Waals surface area contributed by atoms with Crippen molar-refractivity contribution in [3.8, 4) is 5.75 Å². The molecule has 2 rings (SSSR count).